The molecule has 2 N–H and O–H groups in total. The van der Waals surface area contributed by atoms with E-state index in [1.54, 1.807) is 30.2 Å². The number of carbonyl (C=O) groups excluding carboxylic acids is 2. The van der Waals surface area contributed by atoms with Crippen molar-refractivity contribution in [1.29, 1.82) is 0 Å². The Bertz CT molecular complexity index is 1140. The Morgan fingerprint density at radius 2 is 1.83 bits per heavy atom. The Kier molecular flexibility index (Phi) is 8.08. The predicted molar refractivity (Wildman–Crippen MR) is 133 cm³/mol. The van der Waals surface area contributed by atoms with Crippen LogP contribution in [0.1, 0.15) is 41.3 Å². The summed E-state index contributed by atoms with van der Waals surface area (Å²) in [7, 11) is 0. The smallest absolute Gasteiger partial charge is 0.318 e. The van der Waals surface area contributed by atoms with Crippen LogP contribution in [0.3, 0.4) is 0 Å². The lowest BCUT2D eigenvalue weighted by atomic mass is 9.88. The second kappa shape index (κ2) is 11.6. The largest absolute Gasteiger partial charge is 0.355 e. The quantitative estimate of drug-likeness (QED) is 0.528. The number of carbonyl (C=O) groups is 2. The first kappa shape index (κ1) is 24.4. The SMILES string of the molecule is Cc1cc(C2CCC(C(=O)NCCc3ccccn3)CN2C(=O)NCc2ccccc2)ccc1F. The topological polar surface area (TPSA) is 74.3 Å². The lowest BCUT2D eigenvalue weighted by Crippen LogP contribution is -2.50. The van der Waals surface area contributed by atoms with Crippen molar-refractivity contribution < 1.29 is 14.0 Å². The third-order valence-corrected chi connectivity index (χ3v) is 6.47. The molecule has 2 heterocycles. The number of nitrogens with one attached hydrogen (secondary N) is 2. The van der Waals surface area contributed by atoms with Gasteiger partial charge in [0.15, 0.2) is 0 Å². The number of halogens is 1. The van der Waals surface area contributed by atoms with Gasteiger partial charge < -0.3 is 15.5 Å². The summed E-state index contributed by atoms with van der Waals surface area (Å²) in [6.07, 6.45) is 3.67. The van der Waals surface area contributed by atoms with Gasteiger partial charge in [0, 0.05) is 37.9 Å². The highest BCUT2D eigenvalue weighted by Crippen LogP contribution is 2.34. The Hall–Kier alpha value is -3.74. The van der Waals surface area contributed by atoms with Crippen LogP contribution in [0.5, 0.6) is 0 Å². The summed E-state index contributed by atoms with van der Waals surface area (Å²) < 4.78 is 13.9. The molecule has 2 aromatic carbocycles. The molecule has 1 aliphatic rings. The van der Waals surface area contributed by atoms with Crippen LogP contribution in [-0.4, -0.2) is 34.9 Å². The number of amides is 3. The van der Waals surface area contributed by atoms with Crippen LogP contribution >= 0.6 is 0 Å². The fourth-order valence-electron chi connectivity index (χ4n) is 4.51. The molecule has 2 atom stereocenters. The predicted octanol–water partition coefficient (Wildman–Crippen LogP) is 4.55. The standard InChI is InChI=1S/C28H31FN4O2/c1-20-17-22(10-12-25(20)29)26-13-11-23(27(34)31-16-14-24-9-5-6-15-30-24)19-33(26)28(35)32-18-21-7-3-2-4-8-21/h2-10,12,15,17,23,26H,11,13-14,16,18-19H2,1H3,(H,31,34)(H,32,35). The van der Waals surface area contributed by atoms with Gasteiger partial charge in [0.05, 0.1) is 12.0 Å². The monoisotopic (exact) mass is 474 g/mol. The molecule has 1 fully saturated rings. The second-order valence-corrected chi connectivity index (χ2v) is 8.96. The van der Waals surface area contributed by atoms with Gasteiger partial charge in [-0.15, -0.1) is 0 Å². The van der Waals surface area contributed by atoms with Crippen molar-refractivity contribution in [3.8, 4) is 0 Å². The van der Waals surface area contributed by atoms with Crippen LogP contribution in [0, 0.1) is 18.7 Å². The molecular formula is C28H31FN4O2. The summed E-state index contributed by atoms with van der Waals surface area (Å²) >= 11 is 0. The molecule has 0 radical (unpaired) electrons. The molecule has 4 rings (SSSR count). The fourth-order valence-corrected chi connectivity index (χ4v) is 4.51. The van der Waals surface area contributed by atoms with E-state index in [0.717, 1.165) is 16.8 Å². The normalized spacial score (nSPS) is 17.6. The molecule has 3 aromatic rings. The zero-order valence-corrected chi connectivity index (χ0v) is 19.9. The third-order valence-electron chi connectivity index (χ3n) is 6.47. The van der Waals surface area contributed by atoms with E-state index in [4.69, 9.17) is 0 Å². The number of nitrogens with zero attached hydrogens (tertiary/aromatic N) is 2. The lowest BCUT2D eigenvalue weighted by Gasteiger charge is -2.39. The number of benzene rings is 2. The van der Waals surface area contributed by atoms with E-state index in [9.17, 15) is 14.0 Å². The minimum atomic E-state index is -0.306. The molecule has 0 spiro atoms. The molecule has 35 heavy (non-hydrogen) atoms. The number of urea groups is 1. The minimum Gasteiger partial charge on any atom is -0.355 e. The van der Waals surface area contributed by atoms with Crippen molar-refractivity contribution in [2.24, 2.45) is 5.92 Å². The van der Waals surface area contributed by atoms with Gasteiger partial charge >= 0.3 is 6.03 Å². The van der Waals surface area contributed by atoms with Gasteiger partial charge in [0.1, 0.15) is 5.82 Å². The van der Waals surface area contributed by atoms with Crippen LogP contribution in [0.15, 0.2) is 72.9 Å². The zero-order valence-electron chi connectivity index (χ0n) is 19.9. The van der Waals surface area contributed by atoms with Crippen LogP contribution < -0.4 is 10.6 Å². The van der Waals surface area contributed by atoms with Crippen LogP contribution in [0.4, 0.5) is 9.18 Å². The Morgan fingerprint density at radius 1 is 1.03 bits per heavy atom. The van der Waals surface area contributed by atoms with Crippen molar-refractivity contribution in [3.05, 3.63) is 101 Å². The summed E-state index contributed by atoms with van der Waals surface area (Å²) in [5, 5.41) is 5.99. The van der Waals surface area contributed by atoms with Crippen LogP contribution in [0.25, 0.3) is 0 Å². The van der Waals surface area contributed by atoms with Gasteiger partial charge in [-0.2, -0.15) is 0 Å². The van der Waals surface area contributed by atoms with E-state index in [1.807, 2.05) is 48.5 Å². The number of aryl methyl sites for hydroxylation is 1. The van der Waals surface area contributed by atoms with E-state index in [2.05, 4.69) is 15.6 Å². The van der Waals surface area contributed by atoms with Gasteiger partial charge in [-0.25, -0.2) is 9.18 Å². The van der Waals surface area contributed by atoms with Crippen molar-refractivity contribution in [3.63, 3.8) is 0 Å². The van der Waals surface area contributed by atoms with E-state index in [-0.39, 0.29) is 29.7 Å². The molecule has 7 heteroatoms. The molecule has 0 aliphatic carbocycles. The van der Waals surface area contributed by atoms with E-state index in [1.165, 1.54) is 6.07 Å². The third kappa shape index (κ3) is 6.44. The average Bonchev–Trinajstić information content (AvgIpc) is 2.89. The zero-order chi connectivity index (χ0) is 24.6. The maximum Gasteiger partial charge on any atom is 0.318 e. The molecule has 1 aliphatic heterocycles. The van der Waals surface area contributed by atoms with E-state index in [0.29, 0.717) is 44.5 Å². The summed E-state index contributed by atoms with van der Waals surface area (Å²) in [6.45, 7) is 2.91. The molecule has 3 amide bonds. The summed E-state index contributed by atoms with van der Waals surface area (Å²) in [5.74, 6) is -0.635. The Balaban J connectivity index is 1.43. The highest BCUT2D eigenvalue weighted by Gasteiger charge is 2.35. The summed E-state index contributed by atoms with van der Waals surface area (Å²) in [4.78, 5) is 32.2. The summed E-state index contributed by atoms with van der Waals surface area (Å²) in [5.41, 5.74) is 3.34. The summed E-state index contributed by atoms with van der Waals surface area (Å²) in [6, 6.07) is 19.9. The molecule has 2 unspecified atom stereocenters. The van der Waals surface area contributed by atoms with Crippen molar-refractivity contribution in [2.45, 2.75) is 38.8 Å². The van der Waals surface area contributed by atoms with Gasteiger partial charge in [0.2, 0.25) is 5.91 Å². The van der Waals surface area contributed by atoms with Crippen LogP contribution in [-0.2, 0) is 17.8 Å². The highest BCUT2D eigenvalue weighted by molar-refractivity contribution is 5.81. The molecule has 1 aromatic heterocycles. The van der Waals surface area contributed by atoms with Crippen molar-refractivity contribution >= 4 is 11.9 Å². The first-order chi connectivity index (χ1) is 17.0. The minimum absolute atomic E-state index is 0.0597. The molecule has 0 saturated carbocycles. The lowest BCUT2D eigenvalue weighted by molar-refractivity contribution is -0.126. The number of hydrogen-bond acceptors (Lipinski definition) is 3. The maximum atomic E-state index is 13.9. The Labute approximate surface area is 205 Å². The maximum absolute atomic E-state index is 13.9. The number of aromatic nitrogens is 1. The second-order valence-electron chi connectivity index (χ2n) is 8.96. The number of piperidine rings is 1. The molecule has 0 bridgehead atoms. The number of hydrogen-bond donors (Lipinski definition) is 2. The number of pyridine rings is 1. The fraction of sp³-hybridized carbons (Fsp3) is 0.321. The van der Waals surface area contributed by atoms with Crippen molar-refractivity contribution in [1.82, 2.24) is 20.5 Å². The molecule has 1 saturated heterocycles. The number of rotatable bonds is 7. The first-order valence-electron chi connectivity index (χ1n) is 12.0. The molecule has 6 nitrogen and oxygen atoms in total. The Morgan fingerprint density at radius 3 is 2.57 bits per heavy atom. The van der Waals surface area contributed by atoms with Gasteiger partial charge in [-0.1, -0.05) is 48.5 Å². The average molecular weight is 475 g/mol. The van der Waals surface area contributed by atoms with Crippen molar-refractivity contribution in [2.75, 3.05) is 13.1 Å². The molecule has 182 valence electrons. The highest BCUT2D eigenvalue weighted by atomic mass is 19.1. The molecular weight excluding hydrogens is 443 g/mol. The van der Waals surface area contributed by atoms with Crippen LogP contribution in [0.2, 0.25) is 0 Å². The van der Waals surface area contributed by atoms with Gasteiger partial charge in [-0.05, 0) is 54.7 Å². The van der Waals surface area contributed by atoms with E-state index < -0.39 is 0 Å². The number of likely N-dealkylation sites (tertiary alicyclic amines) is 1. The van der Waals surface area contributed by atoms with Gasteiger partial charge in [0.25, 0.3) is 0 Å². The first-order valence-corrected chi connectivity index (χ1v) is 12.0. The van der Waals surface area contributed by atoms with E-state index >= 15 is 0 Å². The van der Waals surface area contributed by atoms with Gasteiger partial charge in [-0.3, -0.25) is 9.78 Å².